The van der Waals surface area contributed by atoms with Crippen molar-refractivity contribution in [2.75, 3.05) is 0 Å². The van der Waals surface area contributed by atoms with E-state index >= 15 is 0 Å². The number of thiophene rings is 2. The van der Waals surface area contributed by atoms with Gasteiger partial charge in [-0.05, 0) is 101 Å². The topological polar surface area (TPSA) is 0 Å². The van der Waals surface area contributed by atoms with E-state index < -0.39 is 0 Å². The quantitative estimate of drug-likeness (QED) is 0.160. The Morgan fingerprint density at radius 2 is 0.741 bits per heavy atom. The molecule has 0 amide bonds. The minimum atomic E-state index is 1.24. The van der Waals surface area contributed by atoms with Crippen LogP contribution in [0.25, 0.3) is 117 Å². The molecule has 0 spiro atoms. The lowest BCUT2D eigenvalue weighted by Crippen LogP contribution is -1.91. The van der Waals surface area contributed by atoms with Gasteiger partial charge in [0.25, 0.3) is 0 Å². The summed E-state index contributed by atoms with van der Waals surface area (Å²) in [6.45, 7) is 0. The van der Waals surface area contributed by atoms with Crippen LogP contribution in [0.4, 0.5) is 0 Å². The molecule has 0 atom stereocenters. The molecule has 2 heterocycles. The molecule has 0 saturated heterocycles. The van der Waals surface area contributed by atoms with E-state index in [4.69, 9.17) is 0 Å². The second kappa shape index (κ2) is 11.6. The second-order valence-electron chi connectivity index (χ2n) is 14.4. The fourth-order valence-electron chi connectivity index (χ4n) is 8.95. The average Bonchev–Trinajstić information content (AvgIpc) is 3.81. The van der Waals surface area contributed by atoms with Crippen LogP contribution in [0.2, 0.25) is 0 Å². The molecule has 0 aliphatic carbocycles. The van der Waals surface area contributed by atoms with Crippen LogP contribution in [0.15, 0.2) is 182 Å². The molecule has 12 rings (SSSR count). The van der Waals surface area contributed by atoms with E-state index in [9.17, 15) is 0 Å². The van der Waals surface area contributed by atoms with Gasteiger partial charge in [-0.1, -0.05) is 158 Å². The van der Waals surface area contributed by atoms with E-state index in [-0.39, 0.29) is 0 Å². The third-order valence-electron chi connectivity index (χ3n) is 11.4. The van der Waals surface area contributed by atoms with Gasteiger partial charge in [-0.3, -0.25) is 0 Å². The van der Waals surface area contributed by atoms with Crippen molar-refractivity contribution in [1.82, 2.24) is 0 Å². The van der Waals surface area contributed by atoms with Crippen LogP contribution in [-0.4, -0.2) is 0 Å². The van der Waals surface area contributed by atoms with Gasteiger partial charge in [-0.15, -0.1) is 22.7 Å². The summed E-state index contributed by atoms with van der Waals surface area (Å²) in [4.78, 5) is 0. The van der Waals surface area contributed by atoms with E-state index in [1.807, 2.05) is 22.7 Å². The minimum Gasteiger partial charge on any atom is -0.134 e. The maximum Gasteiger partial charge on any atom is 0.0534 e. The molecule has 0 saturated carbocycles. The van der Waals surface area contributed by atoms with Crippen LogP contribution >= 0.6 is 22.7 Å². The Balaban J connectivity index is 0.991. The average molecular weight is 719 g/mol. The molecule has 0 N–H and O–H groups in total. The zero-order valence-corrected chi connectivity index (χ0v) is 30.8. The normalized spacial score (nSPS) is 12.1. The lowest BCUT2D eigenvalue weighted by Gasteiger charge is -2.19. The largest absolute Gasteiger partial charge is 0.134 e. The molecule has 0 fully saturated rings. The van der Waals surface area contributed by atoms with Gasteiger partial charge >= 0.3 is 0 Å². The van der Waals surface area contributed by atoms with Crippen LogP contribution in [0.1, 0.15) is 0 Å². The van der Waals surface area contributed by atoms with Gasteiger partial charge in [0.15, 0.2) is 0 Å². The third kappa shape index (κ3) is 4.42. The molecule has 250 valence electrons. The fraction of sp³-hybridized carbons (Fsp3) is 0. The zero-order chi connectivity index (χ0) is 35.3. The Morgan fingerprint density at radius 3 is 1.46 bits per heavy atom. The molecular weight excluding hydrogens is 689 g/mol. The SMILES string of the molecule is c1ccc2c(-c3c4ccccc4c(-c4ccc5cc(-c6ccc7c(c6)sc6c7ccc7c8ccccc8sc76)ccc5c4)c4ccccc34)cccc2c1. The standard InChI is InChI=1S/C52H30S2/c1-2-12-37-31(10-1)11-9-18-40(37)50-43-16-5-3-14-41(43)49(42-15-4-6-17-44(42)50)36-23-22-32-28-33(20-21-34(32)29-36)35-24-25-39-46-27-26-45-38-13-7-8-19-47(38)53-51(45)52(46)54-48(39)30-35/h1-30H. The molecular formula is C52H30S2. The zero-order valence-electron chi connectivity index (χ0n) is 29.1. The molecule has 0 unspecified atom stereocenters. The molecule has 54 heavy (non-hydrogen) atoms. The van der Waals surface area contributed by atoms with Crippen LogP contribution in [-0.2, 0) is 0 Å². The van der Waals surface area contributed by atoms with Gasteiger partial charge in [0.1, 0.15) is 0 Å². The van der Waals surface area contributed by atoms with Crippen molar-refractivity contribution < 1.29 is 0 Å². The highest BCUT2D eigenvalue weighted by atomic mass is 32.1. The van der Waals surface area contributed by atoms with Gasteiger partial charge in [0.2, 0.25) is 0 Å². The van der Waals surface area contributed by atoms with Crippen molar-refractivity contribution in [3.05, 3.63) is 182 Å². The van der Waals surface area contributed by atoms with Crippen molar-refractivity contribution in [2.45, 2.75) is 0 Å². The first kappa shape index (κ1) is 30.2. The molecule has 0 radical (unpaired) electrons. The maximum absolute atomic E-state index is 2.39. The van der Waals surface area contributed by atoms with Gasteiger partial charge in [-0.25, -0.2) is 0 Å². The van der Waals surface area contributed by atoms with Crippen molar-refractivity contribution in [2.24, 2.45) is 0 Å². The Morgan fingerprint density at radius 1 is 0.259 bits per heavy atom. The highest BCUT2D eigenvalue weighted by molar-refractivity contribution is 7.33. The van der Waals surface area contributed by atoms with Crippen molar-refractivity contribution in [1.29, 1.82) is 0 Å². The molecule has 0 bridgehead atoms. The lowest BCUT2D eigenvalue weighted by molar-refractivity contribution is 1.67. The predicted molar refractivity (Wildman–Crippen MR) is 239 cm³/mol. The van der Waals surface area contributed by atoms with Crippen LogP contribution in [0.5, 0.6) is 0 Å². The van der Waals surface area contributed by atoms with Crippen LogP contribution in [0, 0.1) is 0 Å². The Labute approximate surface area is 319 Å². The monoisotopic (exact) mass is 718 g/mol. The van der Waals surface area contributed by atoms with Crippen molar-refractivity contribution in [3.63, 3.8) is 0 Å². The molecule has 12 aromatic rings. The molecule has 0 aliphatic rings. The first-order valence-corrected chi connectivity index (χ1v) is 20.1. The molecule has 2 aromatic heterocycles. The van der Waals surface area contributed by atoms with Crippen molar-refractivity contribution >= 4 is 106 Å². The first-order chi connectivity index (χ1) is 26.8. The number of rotatable bonds is 3. The highest BCUT2D eigenvalue weighted by Crippen LogP contribution is 2.47. The van der Waals surface area contributed by atoms with Gasteiger partial charge in [0.05, 0.1) is 9.40 Å². The summed E-state index contributed by atoms with van der Waals surface area (Å²) >= 11 is 3.85. The van der Waals surface area contributed by atoms with Crippen LogP contribution in [0.3, 0.4) is 0 Å². The number of hydrogen-bond donors (Lipinski definition) is 0. The van der Waals surface area contributed by atoms with Gasteiger partial charge in [0, 0.05) is 30.9 Å². The van der Waals surface area contributed by atoms with Crippen LogP contribution < -0.4 is 0 Å². The maximum atomic E-state index is 2.39. The number of hydrogen-bond acceptors (Lipinski definition) is 2. The molecule has 2 heteroatoms. The minimum absolute atomic E-state index is 1.24. The van der Waals surface area contributed by atoms with Gasteiger partial charge < -0.3 is 0 Å². The molecule has 0 nitrogen and oxygen atoms in total. The highest BCUT2D eigenvalue weighted by Gasteiger charge is 2.18. The van der Waals surface area contributed by atoms with E-state index in [0.29, 0.717) is 0 Å². The summed E-state index contributed by atoms with van der Waals surface area (Å²) in [6, 6.07) is 67.8. The van der Waals surface area contributed by atoms with E-state index in [2.05, 4.69) is 182 Å². The summed E-state index contributed by atoms with van der Waals surface area (Å²) in [5.41, 5.74) is 7.62. The lowest BCUT2D eigenvalue weighted by atomic mass is 9.84. The smallest absolute Gasteiger partial charge is 0.0534 e. The summed E-state index contributed by atoms with van der Waals surface area (Å²) < 4.78 is 5.50. The Kier molecular flexibility index (Phi) is 6.48. The molecule has 0 aliphatic heterocycles. The Hall–Kier alpha value is -6.32. The molecule has 10 aromatic carbocycles. The fourth-order valence-corrected chi connectivity index (χ4v) is 11.5. The predicted octanol–water partition coefficient (Wildman–Crippen LogP) is 16.0. The van der Waals surface area contributed by atoms with E-state index in [1.165, 1.54) is 117 Å². The third-order valence-corrected chi connectivity index (χ3v) is 14.0. The van der Waals surface area contributed by atoms with E-state index in [0.717, 1.165) is 0 Å². The van der Waals surface area contributed by atoms with Gasteiger partial charge in [-0.2, -0.15) is 0 Å². The summed E-state index contributed by atoms with van der Waals surface area (Å²) in [6.07, 6.45) is 0. The summed E-state index contributed by atoms with van der Waals surface area (Å²) in [7, 11) is 0. The Bertz CT molecular complexity index is 3440. The van der Waals surface area contributed by atoms with E-state index in [1.54, 1.807) is 0 Å². The number of benzene rings is 10. The first-order valence-electron chi connectivity index (χ1n) is 18.5. The summed E-state index contributed by atoms with van der Waals surface area (Å²) in [5.74, 6) is 0. The summed E-state index contributed by atoms with van der Waals surface area (Å²) in [5, 5.41) is 15.6. The second-order valence-corrected chi connectivity index (χ2v) is 16.5. The number of fused-ring (bicyclic) bond motifs is 11. The van der Waals surface area contributed by atoms with Crippen molar-refractivity contribution in [3.8, 4) is 33.4 Å².